The number of anilines is 1. The first-order valence-electron chi connectivity index (χ1n) is 5.74. The van der Waals surface area contributed by atoms with Crippen LogP contribution < -0.4 is 4.90 Å². The molecular weight excluding hydrogens is 210 g/mol. The molecule has 0 N–H and O–H groups in total. The molecule has 1 aliphatic rings. The van der Waals surface area contributed by atoms with Crippen LogP contribution in [0, 0.1) is 0 Å². The van der Waals surface area contributed by atoms with Gasteiger partial charge in [-0.15, -0.1) is 0 Å². The van der Waals surface area contributed by atoms with Crippen molar-refractivity contribution in [1.29, 1.82) is 0 Å². The van der Waals surface area contributed by atoms with Crippen LogP contribution >= 0.6 is 0 Å². The Balaban J connectivity index is 1.74. The van der Waals surface area contributed by atoms with E-state index in [-0.39, 0.29) is 0 Å². The fourth-order valence-electron chi connectivity index (χ4n) is 1.65. The minimum absolute atomic E-state index is 0.877. The zero-order valence-electron chi connectivity index (χ0n) is 9.45. The maximum Gasteiger partial charge on any atom is 0.0858 e. The number of benzene rings is 2. The molecule has 0 aliphatic carbocycles. The number of hydrogen-bond donors (Lipinski definition) is 0. The summed E-state index contributed by atoms with van der Waals surface area (Å²) in [6.07, 6.45) is 0. The first-order chi connectivity index (χ1) is 8.42. The highest BCUT2D eigenvalue weighted by Gasteiger charge is 2.16. The van der Waals surface area contributed by atoms with Crippen LogP contribution in [-0.2, 0) is 0 Å². The van der Waals surface area contributed by atoms with Gasteiger partial charge in [-0.25, -0.2) is 0 Å². The van der Waals surface area contributed by atoms with Crippen molar-refractivity contribution in [2.24, 2.45) is 10.2 Å². The lowest BCUT2D eigenvalue weighted by Gasteiger charge is -2.01. The summed E-state index contributed by atoms with van der Waals surface area (Å²) in [5.74, 6) is 0. The van der Waals surface area contributed by atoms with Gasteiger partial charge in [0.15, 0.2) is 0 Å². The summed E-state index contributed by atoms with van der Waals surface area (Å²) in [5.41, 5.74) is 3.03. The monoisotopic (exact) mass is 223 g/mol. The molecule has 1 heterocycles. The summed E-state index contributed by atoms with van der Waals surface area (Å²) in [7, 11) is 0. The summed E-state index contributed by atoms with van der Waals surface area (Å²) in [6, 6.07) is 17.9. The molecule has 3 nitrogen and oxygen atoms in total. The third-order valence-corrected chi connectivity index (χ3v) is 2.70. The predicted molar refractivity (Wildman–Crippen MR) is 69.3 cm³/mol. The lowest BCUT2D eigenvalue weighted by molar-refractivity contribution is 1.23. The van der Waals surface area contributed by atoms with Crippen molar-refractivity contribution in [2.45, 2.75) is 0 Å². The number of azo groups is 1. The molecule has 1 saturated heterocycles. The van der Waals surface area contributed by atoms with Gasteiger partial charge in [-0.2, -0.15) is 10.2 Å². The molecule has 84 valence electrons. The highest BCUT2D eigenvalue weighted by Crippen LogP contribution is 2.25. The molecule has 0 aromatic heterocycles. The van der Waals surface area contributed by atoms with Crippen molar-refractivity contribution in [3.8, 4) is 0 Å². The zero-order valence-corrected chi connectivity index (χ0v) is 9.45. The van der Waals surface area contributed by atoms with Crippen molar-refractivity contribution < 1.29 is 0 Å². The van der Waals surface area contributed by atoms with Crippen LogP contribution in [0.15, 0.2) is 64.8 Å². The SMILES string of the molecule is c1ccc(N=Nc2ccc(N3CC3)cc2)cc1. The average molecular weight is 223 g/mol. The van der Waals surface area contributed by atoms with Crippen molar-refractivity contribution in [3.05, 3.63) is 54.6 Å². The van der Waals surface area contributed by atoms with Gasteiger partial charge in [0, 0.05) is 18.8 Å². The number of rotatable bonds is 3. The molecule has 3 rings (SSSR count). The Morgan fingerprint density at radius 2 is 1.29 bits per heavy atom. The fraction of sp³-hybridized carbons (Fsp3) is 0.143. The third-order valence-electron chi connectivity index (χ3n) is 2.70. The summed E-state index contributed by atoms with van der Waals surface area (Å²) in [4.78, 5) is 2.30. The Kier molecular flexibility index (Phi) is 2.58. The van der Waals surface area contributed by atoms with Crippen molar-refractivity contribution >= 4 is 17.1 Å². The van der Waals surface area contributed by atoms with Crippen molar-refractivity contribution in [2.75, 3.05) is 18.0 Å². The van der Waals surface area contributed by atoms with Gasteiger partial charge in [0.05, 0.1) is 11.4 Å². The third kappa shape index (κ3) is 2.50. The normalized spacial score (nSPS) is 14.2. The predicted octanol–water partition coefficient (Wildman–Crippen LogP) is 3.92. The Hall–Kier alpha value is -2.16. The summed E-state index contributed by atoms with van der Waals surface area (Å²) < 4.78 is 0. The lowest BCUT2D eigenvalue weighted by atomic mass is 10.3. The van der Waals surface area contributed by atoms with Gasteiger partial charge >= 0.3 is 0 Å². The summed E-state index contributed by atoms with van der Waals surface area (Å²) in [5, 5.41) is 8.38. The van der Waals surface area contributed by atoms with E-state index in [1.54, 1.807) is 0 Å². The molecule has 2 aromatic carbocycles. The van der Waals surface area contributed by atoms with Crippen LogP contribution in [-0.4, -0.2) is 13.1 Å². The second-order valence-electron chi connectivity index (χ2n) is 4.04. The first kappa shape index (κ1) is 10.0. The molecule has 0 unspecified atom stereocenters. The van der Waals surface area contributed by atoms with Gasteiger partial charge in [-0.3, -0.25) is 0 Å². The van der Waals surface area contributed by atoms with E-state index in [2.05, 4.69) is 27.3 Å². The van der Waals surface area contributed by atoms with Gasteiger partial charge in [0.2, 0.25) is 0 Å². The molecule has 0 saturated carbocycles. The highest BCUT2D eigenvalue weighted by molar-refractivity contribution is 5.56. The number of hydrogen-bond acceptors (Lipinski definition) is 3. The standard InChI is InChI=1S/C14H13N3/c1-2-4-12(5-3-1)15-16-13-6-8-14(9-7-13)17-10-11-17/h1-9H,10-11H2. The van der Waals surface area contributed by atoms with Crippen LogP contribution in [0.1, 0.15) is 0 Å². The molecular formula is C14H13N3. The van der Waals surface area contributed by atoms with E-state index in [0.717, 1.165) is 11.4 Å². The van der Waals surface area contributed by atoms with E-state index in [0.29, 0.717) is 0 Å². The zero-order chi connectivity index (χ0) is 11.5. The molecule has 0 radical (unpaired) electrons. The molecule has 0 spiro atoms. The maximum atomic E-state index is 4.20. The van der Waals surface area contributed by atoms with E-state index >= 15 is 0 Å². The molecule has 2 aromatic rings. The van der Waals surface area contributed by atoms with Gasteiger partial charge < -0.3 is 4.90 Å². The topological polar surface area (TPSA) is 27.7 Å². The Morgan fingerprint density at radius 3 is 1.88 bits per heavy atom. The molecule has 1 aliphatic heterocycles. The highest BCUT2D eigenvalue weighted by atomic mass is 15.3. The van der Waals surface area contributed by atoms with E-state index in [9.17, 15) is 0 Å². The van der Waals surface area contributed by atoms with Crippen LogP contribution in [0.4, 0.5) is 17.1 Å². The van der Waals surface area contributed by atoms with Crippen LogP contribution in [0.3, 0.4) is 0 Å². The van der Waals surface area contributed by atoms with E-state index < -0.39 is 0 Å². The fourth-order valence-corrected chi connectivity index (χ4v) is 1.65. The van der Waals surface area contributed by atoms with Crippen molar-refractivity contribution in [1.82, 2.24) is 0 Å². The Labute approximate surface area is 100 Å². The molecule has 1 fully saturated rings. The maximum absolute atomic E-state index is 4.20. The quantitative estimate of drug-likeness (QED) is 0.572. The van der Waals surface area contributed by atoms with Crippen LogP contribution in [0.25, 0.3) is 0 Å². The van der Waals surface area contributed by atoms with Crippen LogP contribution in [0.5, 0.6) is 0 Å². The van der Waals surface area contributed by atoms with Crippen LogP contribution in [0.2, 0.25) is 0 Å². The number of nitrogens with zero attached hydrogens (tertiary/aromatic N) is 3. The van der Waals surface area contributed by atoms with E-state index in [4.69, 9.17) is 0 Å². The second-order valence-corrected chi connectivity index (χ2v) is 4.04. The smallest absolute Gasteiger partial charge is 0.0858 e. The average Bonchev–Trinajstić information content (AvgIpc) is 3.23. The first-order valence-corrected chi connectivity index (χ1v) is 5.74. The minimum atomic E-state index is 0.877. The largest absolute Gasteiger partial charge is 0.368 e. The molecule has 0 atom stereocenters. The van der Waals surface area contributed by atoms with Gasteiger partial charge in [0.1, 0.15) is 0 Å². The van der Waals surface area contributed by atoms with E-state index in [1.807, 2.05) is 42.5 Å². The molecule has 0 bridgehead atoms. The minimum Gasteiger partial charge on any atom is -0.368 e. The van der Waals surface area contributed by atoms with Gasteiger partial charge in [-0.1, -0.05) is 18.2 Å². The van der Waals surface area contributed by atoms with Gasteiger partial charge in [0.25, 0.3) is 0 Å². The summed E-state index contributed by atoms with van der Waals surface area (Å²) >= 11 is 0. The summed E-state index contributed by atoms with van der Waals surface area (Å²) in [6.45, 7) is 2.34. The Bertz CT molecular complexity index is 513. The Morgan fingerprint density at radius 1 is 0.706 bits per heavy atom. The molecule has 0 amide bonds. The van der Waals surface area contributed by atoms with E-state index in [1.165, 1.54) is 18.8 Å². The molecule has 3 heteroatoms. The molecule has 17 heavy (non-hydrogen) atoms. The lowest BCUT2D eigenvalue weighted by Crippen LogP contribution is -1.88. The van der Waals surface area contributed by atoms with Gasteiger partial charge in [-0.05, 0) is 36.4 Å². The van der Waals surface area contributed by atoms with Crippen molar-refractivity contribution in [3.63, 3.8) is 0 Å². The second kappa shape index (κ2) is 4.37.